The highest BCUT2D eigenvalue weighted by molar-refractivity contribution is 7.49. The molecule has 1 aromatic heterocycles. The van der Waals surface area contributed by atoms with Gasteiger partial charge in [-0.05, 0) is 48.5 Å². The third-order valence-electron chi connectivity index (χ3n) is 6.04. The minimum atomic E-state index is -5.02. The number of aliphatic hydroxyl groups excluding tert-OH is 1. The first-order valence-electron chi connectivity index (χ1n) is 11.7. The van der Waals surface area contributed by atoms with Crippen LogP contribution in [0.5, 0.6) is 23.0 Å². The number of nitrogens with one attached hydrogen (secondary N) is 1. The molecule has 0 amide bonds. The molecule has 0 unspecified atom stereocenters. The molecule has 1 aliphatic rings. The van der Waals surface area contributed by atoms with Crippen LogP contribution in [-0.4, -0.2) is 59.5 Å². The first-order chi connectivity index (χ1) is 19.7. The number of halogens is 5. The number of aromatic amines is 1. The van der Waals surface area contributed by atoms with Gasteiger partial charge < -0.3 is 28.4 Å². The maximum absolute atomic E-state index is 15.2. The highest BCUT2D eigenvalue weighted by atomic mass is 35.5. The van der Waals surface area contributed by atoms with E-state index >= 15 is 8.78 Å². The summed E-state index contributed by atoms with van der Waals surface area (Å²) in [6.45, 7) is -1.69. The number of aromatic nitrogens is 2. The Hall–Kier alpha value is -3.56. The number of phosphoric ester groups is 1. The van der Waals surface area contributed by atoms with Gasteiger partial charge in [-0.25, -0.2) is 18.1 Å². The summed E-state index contributed by atoms with van der Waals surface area (Å²) in [5, 5.41) is 9.67. The number of methoxy groups -OCH3 is 2. The van der Waals surface area contributed by atoms with E-state index in [0.717, 1.165) is 0 Å². The largest absolute Gasteiger partial charge is 0.587 e. The molecular formula is C24H22ClF4N2O10P. The highest BCUT2D eigenvalue weighted by Crippen LogP contribution is 2.55. The standard InChI is InChI=1S/C24H22ClF4N2O10P/c1-36-13-3-7-15(8-4-13)40-42(35,41-16-9-5-14(37-2)6-10-16)38-12-23(20(26)27)19(33)24(28,29)21(39-23)31-11-17(25)18(32)30-22(31)34/h3-11,19-21,33H,12H2,1-2H3,(H,30,32,34)/t19-,21-,23-/m1/s1. The summed E-state index contributed by atoms with van der Waals surface area (Å²) in [4.78, 5) is 25.4. The number of alkyl halides is 4. The lowest BCUT2D eigenvalue weighted by atomic mass is 9.96. The lowest BCUT2D eigenvalue weighted by molar-refractivity contribution is -0.193. The van der Waals surface area contributed by atoms with Crippen LogP contribution >= 0.6 is 19.4 Å². The van der Waals surface area contributed by atoms with E-state index in [1.807, 2.05) is 0 Å². The zero-order valence-corrected chi connectivity index (χ0v) is 23.2. The van der Waals surface area contributed by atoms with Crippen LogP contribution in [0.4, 0.5) is 17.6 Å². The van der Waals surface area contributed by atoms with Crippen LogP contribution in [0.2, 0.25) is 5.02 Å². The van der Waals surface area contributed by atoms with E-state index in [9.17, 15) is 28.0 Å². The molecule has 2 aromatic carbocycles. The van der Waals surface area contributed by atoms with E-state index in [-0.39, 0.29) is 16.1 Å². The fourth-order valence-electron chi connectivity index (χ4n) is 3.82. The average Bonchev–Trinajstić information content (AvgIpc) is 3.16. The van der Waals surface area contributed by atoms with Crippen molar-refractivity contribution in [1.29, 1.82) is 0 Å². The SMILES string of the molecule is COc1ccc(OP(=O)(OC[C@@]2(C(F)F)O[C@@H](n3cc(Cl)c(=O)[nH]c3=O)C(F)(F)[C@@H]2O)Oc2ccc(OC)cc2)cc1. The van der Waals surface area contributed by atoms with Gasteiger partial charge in [0.15, 0.2) is 11.7 Å². The molecule has 0 aliphatic carbocycles. The Morgan fingerprint density at radius 1 is 1.00 bits per heavy atom. The molecular weight excluding hydrogens is 619 g/mol. The predicted molar refractivity (Wildman–Crippen MR) is 137 cm³/mol. The summed E-state index contributed by atoms with van der Waals surface area (Å²) in [7, 11) is -2.26. The van der Waals surface area contributed by atoms with Crippen LogP contribution in [0, 0.1) is 0 Å². The Bertz CT molecular complexity index is 1520. The number of ether oxygens (including phenoxy) is 3. The maximum atomic E-state index is 15.2. The van der Waals surface area contributed by atoms with Gasteiger partial charge in [0.25, 0.3) is 12.0 Å². The van der Waals surface area contributed by atoms with Crippen molar-refractivity contribution < 1.29 is 55.0 Å². The van der Waals surface area contributed by atoms with E-state index in [0.29, 0.717) is 17.7 Å². The van der Waals surface area contributed by atoms with Crippen LogP contribution in [0.25, 0.3) is 0 Å². The number of benzene rings is 2. The van der Waals surface area contributed by atoms with Crippen molar-refractivity contribution in [3.63, 3.8) is 0 Å². The normalized spacial score (nSPS) is 21.7. The van der Waals surface area contributed by atoms with Gasteiger partial charge >= 0.3 is 19.4 Å². The van der Waals surface area contributed by atoms with Crippen LogP contribution in [0.1, 0.15) is 6.23 Å². The van der Waals surface area contributed by atoms with Crippen molar-refractivity contribution in [3.05, 3.63) is 80.6 Å². The Labute approximate surface area is 238 Å². The lowest BCUT2D eigenvalue weighted by Gasteiger charge is -2.31. The van der Waals surface area contributed by atoms with Gasteiger partial charge in [0, 0.05) is 6.20 Å². The number of hydrogen-bond acceptors (Lipinski definition) is 10. The van der Waals surface area contributed by atoms with Crippen LogP contribution in [-0.2, 0) is 13.8 Å². The maximum Gasteiger partial charge on any atom is 0.587 e. The van der Waals surface area contributed by atoms with Crippen LogP contribution in [0.3, 0.4) is 0 Å². The molecule has 4 rings (SSSR count). The van der Waals surface area contributed by atoms with Gasteiger partial charge in [0.05, 0.1) is 20.8 Å². The van der Waals surface area contributed by atoms with E-state index in [4.69, 9.17) is 39.4 Å². The van der Waals surface area contributed by atoms with Gasteiger partial charge in [-0.3, -0.25) is 18.9 Å². The zero-order chi connectivity index (χ0) is 30.9. The highest BCUT2D eigenvalue weighted by Gasteiger charge is 2.71. The zero-order valence-electron chi connectivity index (χ0n) is 21.5. The summed E-state index contributed by atoms with van der Waals surface area (Å²) in [6, 6.07) is 10.7. The van der Waals surface area contributed by atoms with Crippen LogP contribution in [0.15, 0.2) is 64.3 Å². The topological polar surface area (TPSA) is 148 Å². The molecule has 1 aliphatic heterocycles. The van der Waals surface area contributed by atoms with Crippen molar-refractivity contribution >= 4 is 19.4 Å². The fraction of sp³-hybridized carbons (Fsp3) is 0.333. The molecule has 1 saturated heterocycles. The Morgan fingerprint density at radius 2 is 1.48 bits per heavy atom. The van der Waals surface area contributed by atoms with Crippen molar-refractivity contribution in [2.75, 3.05) is 20.8 Å². The van der Waals surface area contributed by atoms with Gasteiger partial charge in [0.1, 0.15) is 28.0 Å². The molecule has 3 atom stereocenters. The van der Waals surface area contributed by atoms with Crippen LogP contribution < -0.4 is 29.8 Å². The Kier molecular flexibility index (Phi) is 8.94. The van der Waals surface area contributed by atoms with E-state index in [2.05, 4.69) is 0 Å². The van der Waals surface area contributed by atoms with E-state index in [1.54, 1.807) is 4.98 Å². The molecule has 12 nitrogen and oxygen atoms in total. The van der Waals surface area contributed by atoms with Crippen molar-refractivity contribution in [1.82, 2.24) is 9.55 Å². The number of rotatable bonds is 11. The summed E-state index contributed by atoms with van der Waals surface area (Å²) in [6.07, 6.45) is -9.70. The van der Waals surface area contributed by atoms with Crippen molar-refractivity contribution in [3.8, 4) is 23.0 Å². The molecule has 0 spiro atoms. The molecule has 18 heteroatoms. The number of hydrogen-bond donors (Lipinski definition) is 2. The number of aliphatic hydroxyl groups is 1. The second-order valence-corrected chi connectivity index (χ2v) is 10.6. The summed E-state index contributed by atoms with van der Waals surface area (Å²) in [5.74, 6) is -4.16. The molecule has 228 valence electrons. The average molecular weight is 641 g/mol. The van der Waals surface area contributed by atoms with Crippen molar-refractivity contribution in [2.45, 2.75) is 30.3 Å². The first kappa shape index (κ1) is 31.4. The van der Waals surface area contributed by atoms with E-state index in [1.165, 1.54) is 62.8 Å². The third-order valence-corrected chi connectivity index (χ3v) is 7.62. The molecule has 2 heterocycles. The Balaban J connectivity index is 1.69. The number of phosphoric acid groups is 1. The molecule has 0 saturated carbocycles. The lowest BCUT2D eigenvalue weighted by Crippen LogP contribution is -2.54. The summed E-state index contributed by atoms with van der Waals surface area (Å²) in [5.41, 5.74) is -6.22. The quantitative estimate of drug-likeness (QED) is 0.233. The predicted octanol–water partition coefficient (Wildman–Crippen LogP) is 4.02. The smallest absolute Gasteiger partial charge is 0.497 e. The van der Waals surface area contributed by atoms with Gasteiger partial charge in [-0.15, -0.1) is 0 Å². The molecule has 0 bridgehead atoms. The Morgan fingerprint density at radius 3 is 1.93 bits per heavy atom. The van der Waals surface area contributed by atoms with E-state index < -0.39 is 61.0 Å². The third kappa shape index (κ3) is 6.13. The van der Waals surface area contributed by atoms with Gasteiger partial charge in [-0.2, -0.15) is 8.78 Å². The molecule has 0 radical (unpaired) electrons. The molecule has 1 fully saturated rings. The second-order valence-electron chi connectivity index (χ2n) is 8.70. The first-order valence-corrected chi connectivity index (χ1v) is 13.5. The minimum absolute atomic E-state index is 0.0262. The summed E-state index contributed by atoms with van der Waals surface area (Å²) < 4.78 is 104. The second kappa shape index (κ2) is 12.0. The molecule has 3 aromatic rings. The summed E-state index contributed by atoms with van der Waals surface area (Å²) >= 11 is 5.62. The fourth-order valence-corrected chi connectivity index (χ4v) is 5.23. The van der Waals surface area contributed by atoms with Gasteiger partial charge in [0.2, 0.25) is 6.23 Å². The molecule has 42 heavy (non-hydrogen) atoms. The number of nitrogens with zero attached hydrogens (tertiary/aromatic N) is 1. The van der Waals surface area contributed by atoms with Gasteiger partial charge in [-0.1, -0.05) is 11.6 Å². The number of H-pyrrole nitrogens is 1. The minimum Gasteiger partial charge on any atom is -0.497 e. The van der Waals surface area contributed by atoms with Crippen molar-refractivity contribution in [2.24, 2.45) is 0 Å². The molecule has 2 N–H and O–H groups in total. The monoisotopic (exact) mass is 640 g/mol.